The summed E-state index contributed by atoms with van der Waals surface area (Å²) in [6, 6.07) is 1.48. The van der Waals surface area contributed by atoms with Crippen LogP contribution in [0.2, 0.25) is 0 Å². The molecule has 2 rings (SSSR count). The molecule has 0 bridgehead atoms. The minimum atomic E-state index is 0.523. The van der Waals surface area contributed by atoms with Crippen LogP contribution >= 0.6 is 0 Å². The molecule has 0 aromatic carbocycles. The van der Waals surface area contributed by atoms with Crippen molar-refractivity contribution in [1.29, 1.82) is 0 Å². The third-order valence-electron chi connectivity index (χ3n) is 3.75. The fourth-order valence-corrected chi connectivity index (χ4v) is 2.74. The Morgan fingerprint density at radius 2 is 1.80 bits per heavy atom. The Bertz CT molecular complexity index is 207. The quantitative estimate of drug-likeness (QED) is 0.721. The van der Waals surface area contributed by atoms with Gasteiger partial charge in [-0.05, 0) is 44.9 Å². The average Bonchev–Trinajstić information content (AvgIpc) is 2.31. The van der Waals surface area contributed by atoms with Gasteiger partial charge in [0.05, 0.1) is 6.10 Å². The van der Waals surface area contributed by atoms with Gasteiger partial charge in [0.25, 0.3) is 0 Å². The van der Waals surface area contributed by atoms with E-state index in [0.29, 0.717) is 6.10 Å². The normalized spacial score (nSPS) is 36.7. The molecule has 0 aliphatic heterocycles. The molecule has 0 aromatic rings. The second-order valence-corrected chi connectivity index (χ2v) is 4.86. The Hall–Kier alpha value is -0.340. The maximum absolute atomic E-state index is 5.39. The van der Waals surface area contributed by atoms with Crippen LogP contribution in [0.4, 0.5) is 0 Å². The van der Waals surface area contributed by atoms with E-state index < -0.39 is 0 Å². The Morgan fingerprint density at radius 1 is 1.00 bits per heavy atom. The molecule has 0 saturated heterocycles. The number of hydrogen-bond acceptors (Lipinski definition) is 2. The number of allylic oxidation sites excluding steroid dienone is 1. The molecule has 1 N–H and O–H groups in total. The third kappa shape index (κ3) is 3.32. The molecule has 0 spiro atoms. The van der Waals surface area contributed by atoms with Crippen molar-refractivity contribution in [2.75, 3.05) is 7.11 Å². The summed E-state index contributed by atoms with van der Waals surface area (Å²) < 4.78 is 5.39. The number of hydrogen-bond donors (Lipinski definition) is 1. The van der Waals surface area contributed by atoms with Gasteiger partial charge < -0.3 is 10.1 Å². The van der Waals surface area contributed by atoms with Crippen molar-refractivity contribution < 1.29 is 4.74 Å². The van der Waals surface area contributed by atoms with Crippen LogP contribution in [0.5, 0.6) is 0 Å². The highest BCUT2D eigenvalue weighted by atomic mass is 16.5. The Morgan fingerprint density at radius 3 is 2.40 bits per heavy atom. The first-order valence-electron chi connectivity index (χ1n) is 6.32. The lowest BCUT2D eigenvalue weighted by atomic mass is 9.91. The molecule has 0 aromatic heterocycles. The second-order valence-electron chi connectivity index (χ2n) is 4.86. The van der Waals surface area contributed by atoms with Crippen molar-refractivity contribution >= 4 is 0 Å². The van der Waals surface area contributed by atoms with Crippen molar-refractivity contribution in [3.05, 3.63) is 12.2 Å². The molecular weight excluding hydrogens is 186 g/mol. The highest BCUT2D eigenvalue weighted by molar-refractivity contribution is 4.94. The lowest BCUT2D eigenvalue weighted by Gasteiger charge is -2.32. The molecule has 1 atom stereocenters. The van der Waals surface area contributed by atoms with E-state index >= 15 is 0 Å². The van der Waals surface area contributed by atoms with E-state index in [1.807, 2.05) is 7.11 Å². The molecule has 86 valence electrons. The van der Waals surface area contributed by atoms with Crippen molar-refractivity contribution in [3.63, 3.8) is 0 Å². The maximum atomic E-state index is 5.39. The van der Waals surface area contributed by atoms with E-state index in [1.54, 1.807) is 0 Å². The summed E-state index contributed by atoms with van der Waals surface area (Å²) in [5, 5.41) is 3.80. The molecular formula is C13H23NO. The lowest BCUT2D eigenvalue weighted by molar-refractivity contribution is 0.0609. The molecule has 2 aliphatic rings. The number of methoxy groups -OCH3 is 1. The van der Waals surface area contributed by atoms with Crippen LogP contribution in [0.1, 0.15) is 44.9 Å². The lowest BCUT2D eigenvalue weighted by Crippen LogP contribution is -2.41. The van der Waals surface area contributed by atoms with Crippen LogP contribution in [0.15, 0.2) is 12.2 Å². The maximum Gasteiger partial charge on any atom is 0.0572 e. The molecule has 2 heteroatoms. The van der Waals surface area contributed by atoms with Crippen molar-refractivity contribution in [1.82, 2.24) is 5.32 Å². The largest absolute Gasteiger partial charge is 0.381 e. The van der Waals surface area contributed by atoms with Crippen molar-refractivity contribution in [3.8, 4) is 0 Å². The van der Waals surface area contributed by atoms with E-state index in [9.17, 15) is 0 Å². The van der Waals surface area contributed by atoms with Gasteiger partial charge in [-0.2, -0.15) is 0 Å². The Balaban J connectivity index is 1.69. The first-order valence-corrected chi connectivity index (χ1v) is 6.32. The Kier molecular flexibility index (Phi) is 4.21. The fraction of sp³-hybridized carbons (Fsp3) is 0.846. The average molecular weight is 209 g/mol. The summed E-state index contributed by atoms with van der Waals surface area (Å²) in [6.45, 7) is 0. The number of rotatable bonds is 3. The van der Waals surface area contributed by atoms with Gasteiger partial charge in [0.15, 0.2) is 0 Å². The zero-order chi connectivity index (χ0) is 10.5. The summed E-state index contributed by atoms with van der Waals surface area (Å²) >= 11 is 0. The Labute approximate surface area is 93.1 Å². The van der Waals surface area contributed by atoms with Gasteiger partial charge in [-0.3, -0.25) is 0 Å². The van der Waals surface area contributed by atoms with Gasteiger partial charge >= 0.3 is 0 Å². The zero-order valence-corrected chi connectivity index (χ0v) is 9.74. The summed E-state index contributed by atoms with van der Waals surface area (Å²) in [5.41, 5.74) is 0. The molecule has 0 heterocycles. The van der Waals surface area contributed by atoms with E-state index in [2.05, 4.69) is 17.5 Å². The van der Waals surface area contributed by atoms with Gasteiger partial charge in [0, 0.05) is 19.2 Å². The summed E-state index contributed by atoms with van der Waals surface area (Å²) in [4.78, 5) is 0. The van der Waals surface area contributed by atoms with E-state index in [-0.39, 0.29) is 0 Å². The molecule has 2 nitrogen and oxygen atoms in total. The minimum absolute atomic E-state index is 0.523. The summed E-state index contributed by atoms with van der Waals surface area (Å²) in [7, 11) is 1.84. The third-order valence-corrected chi connectivity index (χ3v) is 3.75. The molecule has 15 heavy (non-hydrogen) atoms. The van der Waals surface area contributed by atoms with Gasteiger partial charge in [0.1, 0.15) is 0 Å². The SMILES string of the molecule is COC1CCC(NC2CC=CCC2)CC1. The molecule has 1 saturated carbocycles. The van der Waals surface area contributed by atoms with Crippen LogP contribution in [-0.4, -0.2) is 25.3 Å². The standard InChI is InChI=1S/C13H23NO/c1-15-13-9-7-12(8-10-13)14-11-5-3-2-4-6-11/h2-3,11-14H,4-10H2,1H3. The predicted molar refractivity (Wildman–Crippen MR) is 63.0 cm³/mol. The van der Waals surface area contributed by atoms with Crippen LogP contribution in [0, 0.1) is 0 Å². The van der Waals surface area contributed by atoms with Gasteiger partial charge in [-0.25, -0.2) is 0 Å². The second kappa shape index (κ2) is 5.66. The first-order chi connectivity index (χ1) is 7.38. The first kappa shape index (κ1) is 11.2. The number of nitrogens with one attached hydrogen (secondary N) is 1. The highest BCUT2D eigenvalue weighted by Crippen LogP contribution is 2.22. The van der Waals surface area contributed by atoms with Crippen LogP contribution in [0.3, 0.4) is 0 Å². The fourth-order valence-electron chi connectivity index (χ4n) is 2.74. The summed E-state index contributed by atoms with van der Waals surface area (Å²) in [6.07, 6.45) is 14.0. The van der Waals surface area contributed by atoms with E-state index in [0.717, 1.165) is 12.1 Å². The van der Waals surface area contributed by atoms with Gasteiger partial charge in [-0.1, -0.05) is 12.2 Å². The van der Waals surface area contributed by atoms with Crippen molar-refractivity contribution in [2.45, 2.75) is 63.1 Å². The topological polar surface area (TPSA) is 21.3 Å². The molecule has 0 radical (unpaired) electrons. The van der Waals surface area contributed by atoms with Gasteiger partial charge in [-0.15, -0.1) is 0 Å². The smallest absolute Gasteiger partial charge is 0.0572 e. The van der Waals surface area contributed by atoms with Crippen LogP contribution in [0.25, 0.3) is 0 Å². The molecule has 0 amide bonds. The van der Waals surface area contributed by atoms with Crippen LogP contribution in [-0.2, 0) is 4.74 Å². The number of ether oxygens (including phenoxy) is 1. The van der Waals surface area contributed by atoms with E-state index in [4.69, 9.17) is 4.74 Å². The minimum Gasteiger partial charge on any atom is -0.381 e. The molecule has 2 aliphatic carbocycles. The predicted octanol–water partition coefficient (Wildman–Crippen LogP) is 2.64. The summed E-state index contributed by atoms with van der Waals surface area (Å²) in [5.74, 6) is 0. The zero-order valence-electron chi connectivity index (χ0n) is 9.74. The van der Waals surface area contributed by atoms with E-state index in [1.165, 1.54) is 44.9 Å². The molecule has 1 unspecified atom stereocenters. The molecule has 1 fully saturated rings. The van der Waals surface area contributed by atoms with Crippen LogP contribution < -0.4 is 5.32 Å². The highest BCUT2D eigenvalue weighted by Gasteiger charge is 2.22. The van der Waals surface area contributed by atoms with Gasteiger partial charge in [0.2, 0.25) is 0 Å². The van der Waals surface area contributed by atoms with Crippen molar-refractivity contribution in [2.24, 2.45) is 0 Å². The monoisotopic (exact) mass is 209 g/mol.